The maximum atomic E-state index is 15.4. The van der Waals surface area contributed by atoms with E-state index < -0.39 is 0 Å². The lowest BCUT2D eigenvalue weighted by molar-refractivity contribution is -0.660. The average molecular weight is 423 g/mol. The zero-order valence-electron chi connectivity index (χ0n) is 18.4. The Labute approximate surface area is 186 Å². The van der Waals surface area contributed by atoms with Crippen molar-refractivity contribution in [1.29, 1.82) is 0 Å². The van der Waals surface area contributed by atoms with Crippen LogP contribution >= 0.6 is 0 Å². The summed E-state index contributed by atoms with van der Waals surface area (Å²) in [7, 11) is 2.04. The zero-order valence-corrected chi connectivity index (χ0v) is 18.4. The van der Waals surface area contributed by atoms with E-state index in [9.17, 15) is 0 Å². The van der Waals surface area contributed by atoms with Gasteiger partial charge >= 0.3 is 0 Å². The van der Waals surface area contributed by atoms with Gasteiger partial charge in [0.1, 0.15) is 24.0 Å². The first-order valence-corrected chi connectivity index (χ1v) is 11.3. The molecule has 1 aliphatic carbocycles. The molecule has 0 fully saturated rings. The Hall–Kier alpha value is -3.46. The average Bonchev–Trinajstić information content (AvgIpc) is 3.18. The van der Waals surface area contributed by atoms with E-state index in [-0.39, 0.29) is 5.82 Å². The van der Waals surface area contributed by atoms with E-state index in [0.29, 0.717) is 11.1 Å². The second kappa shape index (κ2) is 7.30. The molecule has 32 heavy (non-hydrogen) atoms. The van der Waals surface area contributed by atoms with Gasteiger partial charge in [-0.3, -0.25) is 0 Å². The van der Waals surface area contributed by atoms with Crippen LogP contribution in [0.4, 0.5) is 4.39 Å². The van der Waals surface area contributed by atoms with Crippen LogP contribution < -0.4 is 4.57 Å². The number of rotatable bonds is 2. The molecule has 1 aliphatic rings. The lowest BCUT2D eigenvalue weighted by atomic mass is 9.85. The highest BCUT2D eigenvalue weighted by molar-refractivity contribution is 6.13. The molecule has 6 rings (SSSR count). The van der Waals surface area contributed by atoms with E-state index in [2.05, 4.69) is 47.9 Å². The molecule has 0 saturated heterocycles. The predicted octanol–water partition coefficient (Wildman–Crippen LogP) is 7.07. The minimum absolute atomic E-state index is 0.223. The fourth-order valence-corrected chi connectivity index (χ4v) is 5.35. The molecule has 3 aromatic carbocycles. The number of aromatic nitrogens is 1. The first-order valence-electron chi connectivity index (χ1n) is 11.3. The fourth-order valence-electron chi connectivity index (χ4n) is 5.35. The largest absolute Gasteiger partial charge is 0.454 e. The van der Waals surface area contributed by atoms with Gasteiger partial charge < -0.3 is 4.42 Å². The lowest BCUT2D eigenvalue weighted by Gasteiger charge is -2.19. The molecule has 0 saturated carbocycles. The van der Waals surface area contributed by atoms with Crippen molar-refractivity contribution in [1.82, 2.24) is 0 Å². The molecule has 2 aromatic heterocycles. The minimum Gasteiger partial charge on any atom is -0.454 e. The molecule has 2 nitrogen and oxygen atoms in total. The molecule has 2 heterocycles. The maximum Gasteiger partial charge on any atom is 0.216 e. The van der Waals surface area contributed by atoms with Gasteiger partial charge in [-0.1, -0.05) is 30.3 Å². The molecule has 158 valence electrons. The van der Waals surface area contributed by atoms with Crippen LogP contribution in [0.1, 0.15) is 29.5 Å². The number of fused-ring (bicyclic) bond motifs is 4. The van der Waals surface area contributed by atoms with E-state index in [0.717, 1.165) is 58.0 Å². The third kappa shape index (κ3) is 2.81. The second-order valence-electron chi connectivity index (χ2n) is 8.88. The van der Waals surface area contributed by atoms with Crippen molar-refractivity contribution in [2.75, 3.05) is 0 Å². The molecule has 0 N–H and O–H groups in total. The summed E-state index contributed by atoms with van der Waals surface area (Å²) in [4.78, 5) is 0. The number of hydrogen-bond acceptors (Lipinski definition) is 1. The van der Waals surface area contributed by atoms with Gasteiger partial charge in [-0.25, -0.2) is 8.96 Å². The highest BCUT2D eigenvalue weighted by Crippen LogP contribution is 2.43. The van der Waals surface area contributed by atoms with Crippen LogP contribution in [0, 0.1) is 12.7 Å². The molecular weight excluding hydrogens is 397 g/mol. The lowest BCUT2D eigenvalue weighted by Crippen LogP contribution is -2.30. The van der Waals surface area contributed by atoms with Gasteiger partial charge in [0.2, 0.25) is 5.69 Å². The first kappa shape index (κ1) is 19.2. The molecule has 0 unspecified atom stereocenters. The van der Waals surface area contributed by atoms with Crippen molar-refractivity contribution in [3.63, 3.8) is 0 Å². The van der Waals surface area contributed by atoms with Crippen molar-refractivity contribution in [3.8, 4) is 22.4 Å². The number of pyridine rings is 1. The summed E-state index contributed by atoms with van der Waals surface area (Å²) in [6.07, 6.45) is 6.44. The number of nitrogens with zero attached hydrogens (tertiary/aromatic N) is 1. The van der Waals surface area contributed by atoms with Crippen LogP contribution in [0.2, 0.25) is 0 Å². The quantitative estimate of drug-likeness (QED) is 0.278. The molecular formula is C29H25FNO+. The summed E-state index contributed by atoms with van der Waals surface area (Å²) < 4.78 is 24.1. The molecule has 0 aliphatic heterocycles. The highest BCUT2D eigenvalue weighted by atomic mass is 19.1. The number of furan rings is 1. The van der Waals surface area contributed by atoms with E-state index in [1.807, 2.05) is 31.4 Å². The van der Waals surface area contributed by atoms with Gasteiger partial charge in [0.15, 0.2) is 6.20 Å². The summed E-state index contributed by atoms with van der Waals surface area (Å²) in [6.45, 7) is 2.10. The fraction of sp³-hybridized carbons (Fsp3) is 0.207. The van der Waals surface area contributed by atoms with Gasteiger partial charge in [-0.05, 0) is 73.1 Å². The van der Waals surface area contributed by atoms with Crippen molar-refractivity contribution in [2.45, 2.75) is 32.6 Å². The zero-order chi connectivity index (χ0) is 21.8. The van der Waals surface area contributed by atoms with E-state index in [1.165, 1.54) is 17.5 Å². The number of aryl methyl sites for hydroxylation is 3. The van der Waals surface area contributed by atoms with Crippen LogP contribution in [0.3, 0.4) is 0 Å². The SMILES string of the molecule is Cc1ccc2c(oc3c(-c4cccc5c4CCCC5)c(F)ccc32)c1-c1cccc[n+]1C. The van der Waals surface area contributed by atoms with Crippen LogP contribution in [0.15, 0.2) is 71.3 Å². The Morgan fingerprint density at radius 2 is 1.59 bits per heavy atom. The third-order valence-electron chi connectivity index (χ3n) is 6.94. The molecule has 0 amide bonds. The summed E-state index contributed by atoms with van der Waals surface area (Å²) in [5, 5.41) is 1.99. The van der Waals surface area contributed by atoms with Crippen LogP contribution in [-0.2, 0) is 19.9 Å². The Bertz CT molecular complexity index is 1510. The molecule has 0 spiro atoms. The maximum absolute atomic E-state index is 15.4. The van der Waals surface area contributed by atoms with Crippen molar-refractivity contribution in [2.24, 2.45) is 7.05 Å². The van der Waals surface area contributed by atoms with E-state index in [1.54, 1.807) is 6.07 Å². The molecule has 3 heteroatoms. The van der Waals surface area contributed by atoms with Crippen molar-refractivity contribution in [3.05, 3.63) is 89.4 Å². The molecule has 5 aromatic rings. The van der Waals surface area contributed by atoms with Crippen LogP contribution in [0.25, 0.3) is 44.3 Å². The Kier molecular flexibility index (Phi) is 4.39. The number of hydrogen-bond donors (Lipinski definition) is 0. The highest BCUT2D eigenvalue weighted by Gasteiger charge is 2.24. The molecule has 0 radical (unpaired) electrons. The first-order chi connectivity index (χ1) is 15.6. The normalized spacial score (nSPS) is 13.6. The van der Waals surface area contributed by atoms with E-state index >= 15 is 4.39 Å². The Morgan fingerprint density at radius 3 is 2.44 bits per heavy atom. The topological polar surface area (TPSA) is 17.0 Å². The minimum atomic E-state index is -0.223. The standard InChI is InChI=1S/C29H25FNO/c1-18-13-14-22-23-15-16-24(30)27(21-11-7-9-19-8-3-4-10-20(19)21)29(23)32-28(22)26(18)25-12-5-6-17-31(25)2/h5-7,9,11-17H,3-4,8,10H2,1-2H3/q+1. The third-order valence-corrected chi connectivity index (χ3v) is 6.94. The molecule has 0 bridgehead atoms. The monoisotopic (exact) mass is 422 g/mol. The van der Waals surface area contributed by atoms with Crippen molar-refractivity contribution >= 4 is 21.9 Å². The summed E-state index contributed by atoms with van der Waals surface area (Å²) in [5.41, 5.74) is 8.93. The number of benzene rings is 3. The summed E-state index contributed by atoms with van der Waals surface area (Å²) in [6, 6.07) is 20.1. The van der Waals surface area contributed by atoms with Gasteiger partial charge in [-0.2, -0.15) is 0 Å². The molecule has 0 atom stereocenters. The summed E-state index contributed by atoms with van der Waals surface area (Å²) >= 11 is 0. The Balaban J connectivity index is 1.71. The van der Waals surface area contributed by atoms with Crippen LogP contribution in [-0.4, -0.2) is 0 Å². The summed E-state index contributed by atoms with van der Waals surface area (Å²) in [5.74, 6) is -0.223. The van der Waals surface area contributed by atoms with Gasteiger partial charge in [0.05, 0.1) is 11.1 Å². The van der Waals surface area contributed by atoms with Gasteiger partial charge in [0.25, 0.3) is 0 Å². The predicted molar refractivity (Wildman–Crippen MR) is 127 cm³/mol. The second-order valence-corrected chi connectivity index (χ2v) is 8.88. The van der Waals surface area contributed by atoms with Crippen LogP contribution in [0.5, 0.6) is 0 Å². The number of halogens is 1. The van der Waals surface area contributed by atoms with E-state index in [4.69, 9.17) is 4.42 Å². The van der Waals surface area contributed by atoms with Gasteiger partial charge in [0, 0.05) is 22.9 Å². The Morgan fingerprint density at radius 1 is 0.812 bits per heavy atom. The smallest absolute Gasteiger partial charge is 0.216 e. The van der Waals surface area contributed by atoms with Crippen molar-refractivity contribution < 1.29 is 13.4 Å². The van der Waals surface area contributed by atoms with Gasteiger partial charge in [-0.15, -0.1) is 0 Å².